The summed E-state index contributed by atoms with van der Waals surface area (Å²) in [6.07, 6.45) is 6.87. The third-order valence-electron chi connectivity index (χ3n) is 2.74. The van der Waals surface area contributed by atoms with Crippen LogP contribution in [0.1, 0.15) is 12.5 Å². The van der Waals surface area contributed by atoms with Crippen LogP contribution in [0, 0.1) is 6.92 Å². The number of nitrogens with one attached hydrogen (secondary N) is 1. The lowest BCUT2D eigenvalue weighted by Gasteiger charge is -2.14. The Morgan fingerprint density at radius 3 is 2.76 bits per heavy atom. The fourth-order valence-electron chi connectivity index (χ4n) is 1.62. The number of nitrogens with zero attached hydrogens (tertiary/aromatic N) is 1. The molecule has 0 aliphatic carbocycles. The Balaban J connectivity index is 2.74. The quantitative estimate of drug-likeness (QED) is 0.619. The van der Waals surface area contributed by atoms with Crippen molar-refractivity contribution < 1.29 is 9.53 Å². The van der Waals surface area contributed by atoms with Crippen molar-refractivity contribution in [3.63, 3.8) is 0 Å². The van der Waals surface area contributed by atoms with Gasteiger partial charge in [0.2, 0.25) is 5.91 Å². The molecule has 0 bridgehead atoms. The summed E-state index contributed by atoms with van der Waals surface area (Å²) < 4.78 is 5.76. The van der Waals surface area contributed by atoms with E-state index in [-0.39, 0.29) is 5.91 Å². The van der Waals surface area contributed by atoms with Crippen LogP contribution in [0.15, 0.2) is 42.5 Å². The summed E-state index contributed by atoms with van der Waals surface area (Å²) in [5, 5.41) is 2.84. The molecule has 0 atom stereocenters. The topological polar surface area (TPSA) is 41.6 Å². The number of amides is 1. The molecule has 1 amide bonds. The van der Waals surface area contributed by atoms with Crippen molar-refractivity contribution in [2.24, 2.45) is 0 Å². The number of aryl methyl sites for hydroxylation is 1. The normalized spacial score (nSPS) is 11.5. The van der Waals surface area contributed by atoms with Crippen LogP contribution in [0.5, 0.6) is 5.75 Å². The second-order valence-corrected chi connectivity index (χ2v) is 5.03. The molecule has 0 unspecified atom stereocenters. The number of rotatable bonds is 7. The van der Waals surface area contributed by atoms with Gasteiger partial charge in [0.25, 0.3) is 0 Å². The molecule has 0 saturated heterocycles. The zero-order valence-electron chi connectivity index (χ0n) is 13.2. The van der Waals surface area contributed by atoms with Crippen LogP contribution in [-0.2, 0) is 4.79 Å². The summed E-state index contributed by atoms with van der Waals surface area (Å²) in [6.45, 7) is 5.30. The average Bonchev–Trinajstić information content (AvgIpc) is 2.41. The van der Waals surface area contributed by atoms with E-state index in [4.69, 9.17) is 4.74 Å². The van der Waals surface area contributed by atoms with Crippen LogP contribution < -0.4 is 10.1 Å². The zero-order chi connectivity index (χ0) is 15.7. The van der Waals surface area contributed by atoms with E-state index in [1.807, 2.05) is 63.2 Å². The van der Waals surface area contributed by atoms with E-state index in [1.165, 1.54) is 6.08 Å². The summed E-state index contributed by atoms with van der Waals surface area (Å²) >= 11 is 0. The first kappa shape index (κ1) is 17.0. The molecular formula is C17H24N2O2. The fraction of sp³-hybridized carbons (Fsp3) is 0.353. The minimum atomic E-state index is -0.172. The maximum atomic E-state index is 11.8. The molecule has 0 fully saturated rings. The summed E-state index contributed by atoms with van der Waals surface area (Å²) in [5.74, 6) is 0.527. The number of allylic oxidation sites excluding steroid dienone is 3. The highest BCUT2D eigenvalue weighted by atomic mass is 16.5. The van der Waals surface area contributed by atoms with E-state index in [1.54, 1.807) is 6.08 Å². The van der Waals surface area contributed by atoms with Crippen molar-refractivity contribution in [2.75, 3.05) is 32.6 Å². The number of carbonyl (C=O) groups is 1. The van der Waals surface area contributed by atoms with Gasteiger partial charge in [0.1, 0.15) is 12.4 Å². The number of ether oxygens (including phenoxy) is 1. The van der Waals surface area contributed by atoms with Gasteiger partial charge in [-0.25, -0.2) is 0 Å². The monoisotopic (exact) mass is 288 g/mol. The molecule has 1 aromatic carbocycles. The lowest BCUT2D eigenvalue weighted by Crippen LogP contribution is -2.20. The predicted molar refractivity (Wildman–Crippen MR) is 87.8 cm³/mol. The van der Waals surface area contributed by atoms with Crippen molar-refractivity contribution in [3.8, 4) is 5.75 Å². The zero-order valence-corrected chi connectivity index (χ0v) is 13.2. The van der Waals surface area contributed by atoms with Gasteiger partial charge >= 0.3 is 0 Å². The van der Waals surface area contributed by atoms with Crippen molar-refractivity contribution in [3.05, 3.63) is 48.1 Å². The largest absolute Gasteiger partial charge is 0.490 e. The summed E-state index contributed by atoms with van der Waals surface area (Å²) in [6, 6.07) is 5.74. The van der Waals surface area contributed by atoms with Gasteiger partial charge in [0.15, 0.2) is 0 Å². The van der Waals surface area contributed by atoms with E-state index >= 15 is 0 Å². The Morgan fingerprint density at radius 2 is 2.10 bits per heavy atom. The Morgan fingerprint density at radius 1 is 1.33 bits per heavy atom. The average molecular weight is 288 g/mol. The Labute approximate surface area is 127 Å². The van der Waals surface area contributed by atoms with Crippen molar-refractivity contribution in [1.29, 1.82) is 0 Å². The first-order valence-corrected chi connectivity index (χ1v) is 7.01. The first-order valence-electron chi connectivity index (χ1n) is 7.01. The van der Waals surface area contributed by atoms with Gasteiger partial charge in [0.05, 0.1) is 5.69 Å². The van der Waals surface area contributed by atoms with Crippen LogP contribution in [0.4, 0.5) is 5.69 Å². The second kappa shape index (κ2) is 8.97. The van der Waals surface area contributed by atoms with E-state index < -0.39 is 0 Å². The molecule has 0 saturated carbocycles. The Bertz CT molecular complexity index is 520. The predicted octanol–water partition coefficient (Wildman–Crippen LogP) is 3.01. The van der Waals surface area contributed by atoms with Gasteiger partial charge in [-0.2, -0.15) is 0 Å². The Hall–Kier alpha value is -2.07. The standard InChI is InChI=1S/C17H24N2O2/c1-5-6-7-8-17(20)18-15-10-9-14(2)13-16(15)21-12-11-19(3)4/h5-10,13H,11-12H2,1-4H3,(H,18,20)/b6-5+,8-7-. The molecule has 0 aliphatic heterocycles. The smallest absolute Gasteiger partial charge is 0.248 e. The van der Waals surface area contributed by atoms with E-state index in [2.05, 4.69) is 5.32 Å². The van der Waals surface area contributed by atoms with Crippen molar-refractivity contribution in [1.82, 2.24) is 4.90 Å². The molecule has 0 aliphatic rings. The van der Waals surface area contributed by atoms with Gasteiger partial charge < -0.3 is 15.0 Å². The lowest BCUT2D eigenvalue weighted by atomic mass is 10.2. The van der Waals surface area contributed by atoms with Crippen molar-refractivity contribution >= 4 is 11.6 Å². The highest BCUT2D eigenvalue weighted by molar-refractivity contribution is 6.00. The third-order valence-corrected chi connectivity index (χ3v) is 2.74. The SMILES string of the molecule is C/C=C/C=C\C(=O)Nc1ccc(C)cc1OCCN(C)C. The second-order valence-electron chi connectivity index (χ2n) is 5.03. The maximum absolute atomic E-state index is 11.8. The van der Waals surface area contributed by atoms with E-state index in [9.17, 15) is 4.79 Å². The molecule has 1 rings (SSSR count). The molecular weight excluding hydrogens is 264 g/mol. The molecule has 0 spiro atoms. The highest BCUT2D eigenvalue weighted by Gasteiger charge is 2.06. The van der Waals surface area contributed by atoms with Crippen LogP contribution in [0.3, 0.4) is 0 Å². The molecule has 0 heterocycles. The van der Waals surface area contributed by atoms with Gasteiger partial charge in [-0.05, 0) is 45.6 Å². The minimum Gasteiger partial charge on any atom is -0.490 e. The molecule has 0 aromatic heterocycles. The van der Waals surface area contributed by atoms with Crippen LogP contribution in [0.25, 0.3) is 0 Å². The van der Waals surface area contributed by atoms with Gasteiger partial charge in [-0.15, -0.1) is 0 Å². The van der Waals surface area contributed by atoms with E-state index in [0.717, 1.165) is 12.1 Å². The summed E-state index contributed by atoms with van der Waals surface area (Å²) in [7, 11) is 3.99. The number of hydrogen-bond acceptors (Lipinski definition) is 3. The molecule has 21 heavy (non-hydrogen) atoms. The number of carbonyl (C=O) groups excluding carboxylic acids is 1. The minimum absolute atomic E-state index is 0.172. The molecule has 1 N–H and O–H groups in total. The molecule has 4 nitrogen and oxygen atoms in total. The summed E-state index contributed by atoms with van der Waals surface area (Å²) in [4.78, 5) is 13.9. The molecule has 4 heteroatoms. The first-order chi connectivity index (χ1) is 10.0. The lowest BCUT2D eigenvalue weighted by molar-refractivity contribution is -0.111. The number of benzene rings is 1. The highest BCUT2D eigenvalue weighted by Crippen LogP contribution is 2.25. The third kappa shape index (κ3) is 6.77. The van der Waals surface area contributed by atoms with Gasteiger partial charge in [-0.1, -0.05) is 24.3 Å². The van der Waals surface area contributed by atoms with Gasteiger partial charge in [-0.3, -0.25) is 4.79 Å². The molecule has 114 valence electrons. The summed E-state index contributed by atoms with van der Waals surface area (Å²) in [5.41, 5.74) is 1.78. The number of likely N-dealkylation sites (N-methyl/N-ethyl adjacent to an activating group) is 1. The molecule has 0 radical (unpaired) electrons. The van der Waals surface area contributed by atoms with E-state index in [0.29, 0.717) is 18.0 Å². The molecule has 1 aromatic rings. The maximum Gasteiger partial charge on any atom is 0.248 e. The number of anilines is 1. The number of hydrogen-bond donors (Lipinski definition) is 1. The fourth-order valence-corrected chi connectivity index (χ4v) is 1.62. The van der Waals surface area contributed by atoms with Crippen LogP contribution >= 0.6 is 0 Å². The van der Waals surface area contributed by atoms with Crippen molar-refractivity contribution in [2.45, 2.75) is 13.8 Å². The van der Waals surface area contributed by atoms with Gasteiger partial charge in [0, 0.05) is 12.6 Å². The Kier molecular flexibility index (Phi) is 7.26. The van der Waals surface area contributed by atoms with Crippen LogP contribution in [0.2, 0.25) is 0 Å². The van der Waals surface area contributed by atoms with Crippen LogP contribution in [-0.4, -0.2) is 38.1 Å².